The molecule has 1 aliphatic heterocycles. The molecule has 1 aromatic carbocycles. The van der Waals surface area contributed by atoms with Gasteiger partial charge in [-0.05, 0) is 11.6 Å². The Hall–Kier alpha value is -1.84. The summed E-state index contributed by atoms with van der Waals surface area (Å²) in [6.07, 6.45) is -0.736. The standard InChI is InChI=1S/C10H9NO3/c1-13-10(12)14-9-8-5-3-2-4-7(8)6-11-9/h2-5H,6H2,1H3. The number of methoxy groups -OCH3 is 1. The molecular weight excluding hydrogens is 182 g/mol. The molecule has 14 heavy (non-hydrogen) atoms. The lowest BCUT2D eigenvalue weighted by atomic mass is 10.1. The van der Waals surface area contributed by atoms with E-state index < -0.39 is 6.16 Å². The zero-order chi connectivity index (χ0) is 9.97. The van der Waals surface area contributed by atoms with Crippen molar-refractivity contribution in [1.82, 2.24) is 0 Å². The summed E-state index contributed by atoms with van der Waals surface area (Å²) in [5.41, 5.74) is 1.92. The van der Waals surface area contributed by atoms with Crippen LogP contribution in [0.2, 0.25) is 0 Å². The molecule has 0 unspecified atom stereocenters. The zero-order valence-electron chi connectivity index (χ0n) is 7.69. The first kappa shape index (κ1) is 8.74. The highest BCUT2D eigenvalue weighted by Crippen LogP contribution is 2.18. The Bertz CT molecular complexity index is 398. The van der Waals surface area contributed by atoms with E-state index in [0.29, 0.717) is 12.4 Å². The average molecular weight is 191 g/mol. The molecule has 72 valence electrons. The van der Waals surface area contributed by atoms with Crippen LogP contribution in [-0.2, 0) is 16.0 Å². The molecule has 0 saturated heterocycles. The van der Waals surface area contributed by atoms with Crippen LogP contribution in [0.3, 0.4) is 0 Å². The molecule has 0 spiro atoms. The van der Waals surface area contributed by atoms with Gasteiger partial charge in [0.2, 0.25) is 5.90 Å². The molecule has 1 heterocycles. The van der Waals surface area contributed by atoms with Gasteiger partial charge in [-0.25, -0.2) is 9.79 Å². The summed E-state index contributed by atoms with van der Waals surface area (Å²) in [7, 11) is 1.27. The lowest BCUT2D eigenvalue weighted by molar-refractivity contribution is 0.118. The highest BCUT2D eigenvalue weighted by molar-refractivity contribution is 6.02. The summed E-state index contributed by atoms with van der Waals surface area (Å²) in [5.74, 6) is 0.340. The van der Waals surface area contributed by atoms with E-state index in [4.69, 9.17) is 4.74 Å². The van der Waals surface area contributed by atoms with Crippen molar-refractivity contribution in [3.8, 4) is 0 Å². The van der Waals surface area contributed by atoms with Crippen LogP contribution in [0.15, 0.2) is 29.3 Å². The van der Waals surface area contributed by atoms with Gasteiger partial charge in [-0.1, -0.05) is 18.2 Å². The highest BCUT2D eigenvalue weighted by atomic mass is 16.7. The van der Waals surface area contributed by atoms with Gasteiger partial charge >= 0.3 is 6.16 Å². The van der Waals surface area contributed by atoms with Crippen LogP contribution >= 0.6 is 0 Å². The van der Waals surface area contributed by atoms with Crippen LogP contribution < -0.4 is 0 Å². The van der Waals surface area contributed by atoms with E-state index in [9.17, 15) is 4.79 Å². The SMILES string of the molecule is COC(=O)OC1=NCc2ccccc21. The number of rotatable bonds is 0. The average Bonchev–Trinajstić information content (AvgIpc) is 2.62. The molecule has 0 aromatic heterocycles. The summed E-state index contributed by atoms with van der Waals surface area (Å²) < 4.78 is 9.26. The number of carbonyl (C=O) groups excluding carboxylic acids is 1. The molecule has 0 bridgehead atoms. The first-order valence-corrected chi connectivity index (χ1v) is 4.20. The molecule has 4 heteroatoms. The Kier molecular flexibility index (Phi) is 2.18. The molecule has 0 N–H and O–H groups in total. The monoisotopic (exact) mass is 191 g/mol. The first-order valence-electron chi connectivity index (χ1n) is 4.20. The van der Waals surface area contributed by atoms with Crippen molar-refractivity contribution in [1.29, 1.82) is 0 Å². The molecule has 1 aliphatic rings. The molecule has 2 rings (SSSR count). The summed E-state index contributed by atoms with van der Waals surface area (Å²) in [4.78, 5) is 14.9. The lowest BCUT2D eigenvalue weighted by Gasteiger charge is -2.02. The van der Waals surface area contributed by atoms with E-state index in [1.54, 1.807) is 0 Å². The Balaban J connectivity index is 2.21. The van der Waals surface area contributed by atoms with E-state index in [-0.39, 0.29) is 0 Å². The van der Waals surface area contributed by atoms with Crippen molar-refractivity contribution in [3.63, 3.8) is 0 Å². The fourth-order valence-electron chi connectivity index (χ4n) is 1.32. The van der Waals surface area contributed by atoms with Crippen molar-refractivity contribution in [3.05, 3.63) is 35.4 Å². The smallest absolute Gasteiger partial charge is 0.437 e. The van der Waals surface area contributed by atoms with Gasteiger partial charge in [0.1, 0.15) is 0 Å². The minimum absolute atomic E-state index is 0.340. The first-order chi connectivity index (χ1) is 6.81. The summed E-state index contributed by atoms with van der Waals surface area (Å²) >= 11 is 0. The van der Waals surface area contributed by atoms with E-state index in [2.05, 4.69) is 9.73 Å². The number of carbonyl (C=O) groups is 1. The topological polar surface area (TPSA) is 47.9 Å². The highest BCUT2D eigenvalue weighted by Gasteiger charge is 2.19. The van der Waals surface area contributed by atoms with Gasteiger partial charge in [0.05, 0.1) is 13.7 Å². The fourth-order valence-corrected chi connectivity index (χ4v) is 1.32. The maximum Gasteiger partial charge on any atom is 0.514 e. The Morgan fingerprint density at radius 1 is 1.43 bits per heavy atom. The quantitative estimate of drug-likeness (QED) is 0.587. The maximum absolute atomic E-state index is 10.9. The number of benzene rings is 1. The van der Waals surface area contributed by atoms with Crippen molar-refractivity contribution < 1.29 is 14.3 Å². The second-order valence-electron chi connectivity index (χ2n) is 2.83. The number of aliphatic imine (C=N–C) groups is 1. The predicted octanol–water partition coefficient (Wildman–Crippen LogP) is 1.73. The number of hydrogen-bond acceptors (Lipinski definition) is 4. The van der Waals surface area contributed by atoms with E-state index in [1.165, 1.54) is 7.11 Å². The third-order valence-electron chi connectivity index (χ3n) is 1.99. The van der Waals surface area contributed by atoms with Gasteiger partial charge in [-0.3, -0.25) is 0 Å². The van der Waals surface area contributed by atoms with Crippen molar-refractivity contribution >= 4 is 12.1 Å². The number of ether oxygens (including phenoxy) is 2. The van der Waals surface area contributed by atoms with Crippen LogP contribution in [0, 0.1) is 0 Å². The van der Waals surface area contributed by atoms with Crippen molar-refractivity contribution in [2.24, 2.45) is 4.99 Å². The molecule has 0 radical (unpaired) electrons. The molecule has 0 saturated carbocycles. The van der Waals surface area contributed by atoms with E-state index in [1.807, 2.05) is 24.3 Å². The maximum atomic E-state index is 10.9. The van der Waals surface area contributed by atoms with Gasteiger partial charge in [0.15, 0.2) is 0 Å². The Morgan fingerprint density at radius 2 is 2.21 bits per heavy atom. The van der Waals surface area contributed by atoms with Crippen LogP contribution in [-0.4, -0.2) is 19.2 Å². The van der Waals surface area contributed by atoms with Crippen LogP contribution in [0.4, 0.5) is 4.79 Å². The molecule has 0 fully saturated rings. The summed E-state index contributed by atoms with van der Waals surface area (Å²) in [6, 6.07) is 7.62. The molecule has 0 amide bonds. The number of nitrogens with zero attached hydrogens (tertiary/aromatic N) is 1. The second-order valence-corrected chi connectivity index (χ2v) is 2.83. The minimum atomic E-state index is -0.736. The van der Waals surface area contributed by atoms with Crippen LogP contribution in [0.25, 0.3) is 0 Å². The van der Waals surface area contributed by atoms with Crippen molar-refractivity contribution in [2.75, 3.05) is 7.11 Å². The fraction of sp³-hybridized carbons (Fsp3) is 0.200. The number of hydrogen-bond donors (Lipinski definition) is 0. The van der Waals surface area contributed by atoms with E-state index >= 15 is 0 Å². The molecule has 0 atom stereocenters. The summed E-state index contributed by atoms with van der Waals surface area (Å²) in [5, 5.41) is 0. The third-order valence-corrected chi connectivity index (χ3v) is 1.99. The lowest BCUT2D eigenvalue weighted by Crippen LogP contribution is -2.11. The minimum Gasteiger partial charge on any atom is -0.437 e. The molecule has 4 nitrogen and oxygen atoms in total. The molecule has 1 aromatic rings. The van der Waals surface area contributed by atoms with Crippen molar-refractivity contribution in [2.45, 2.75) is 6.54 Å². The zero-order valence-corrected chi connectivity index (χ0v) is 7.69. The van der Waals surface area contributed by atoms with E-state index in [0.717, 1.165) is 11.1 Å². The molecule has 0 aliphatic carbocycles. The third kappa shape index (κ3) is 1.46. The van der Waals surface area contributed by atoms with Crippen LogP contribution in [0.5, 0.6) is 0 Å². The normalized spacial score (nSPS) is 13.1. The molecular formula is C10H9NO3. The predicted molar refractivity (Wildman–Crippen MR) is 50.2 cm³/mol. The number of fused-ring (bicyclic) bond motifs is 1. The van der Waals surface area contributed by atoms with Gasteiger partial charge in [0, 0.05) is 5.56 Å². The Morgan fingerprint density at radius 3 is 3.00 bits per heavy atom. The second kappa shape index (κ2) is 3.49. The van der Waals surface area contributed by atoms with Gasteiger partial charge in [-0.15, -0.1) is 0 Å². The van der Waals surface area contributed by atoms with Gasteiger partial charge in [-0.2, -0.15) is 0 Å². The van der Waals surface area contributed by atoms with Gasteiger partial charge < -0.3 is 9.47 Å². The van der Waals surface area contributed by atoms with Crippen LogP contribution in [0.1, 0.15) is 11.1 Å². The van der Waals surface area contributed by atoms with Gasteiger partial charge in [0.25, 0.3) is 0 Å². The largest absolute Gasteiger partial charge is 0.514 e. The summed E-state index contributed by atoms with van der Waals surface area (Å²) in [6.45, 7) is 0.558. The Labute approximate surface area is 81.2 Å².